The predicted molar refractivity (Wildman–Crippen MR) is 198 cm³/mol. The highest BCUT2D eigenvalue weighted by molar-refractivity contribution is 5.90. The number of benzene rings is 3. The van der Waals surface area contributed by atoms with E-state index >= 15 is 0 Å². The van der Waals surface area contributed by atoms with Crippen molar-refractivity contribution in [2.24, 2.45) is 0 Å². The number of aromatic nitrogens is 4. The highest BCUT2D eigenvalue weighted by Gasteiger charge is 2.35. The zero-order valence-electron chi connectivity index (χ0n) is 30.6. The summed E-state index contributed by atoms with van der Waals surface area (Å²) >= 11 is 0. The maximum absolute atomic E-state index is 12.9. The smallest absolute Gasteiger partial charge is 0.411 e. The van der Waals surface area contributed by atoms with Gasteiger partial charge in [0.25, 0.3) is 0 Å². The standard InChI is InChI=1S/C40H46N6O6/c1-39(2,3)51-37(47)45-15-17-49-23-33(45)35-41-21-31(43-35)26-9-7-25(8-10-26)27-11-12-29-20-30(14-13-28(29)19-27)32-22-42-36(44-32)34-24-50-18-16-46(34)38(48)52-40(4,5)6/h7-14,19-22,33-34H,15-18,23-24H2,1-6H3,(H,41,43)(H,42,44). The number of H-pyrrole nitrogens is 2. The van der Waals surface area contributed by atoms with Gasteiger partial charge in [0.1, 0.15) is 34.9 Å². The van der Waals surface area contributed by atoms with Crippen LogP contribution in [0.2, 0.25) is 0 Å². The Bertz CT molecular complexity index is 2060. The van der Waals surface area contributed by atoms with E-state index < -0.39 is 11.2 Å². The maximum Gasteiger partial charge on any atom is 0.411 e. The van der Waals surface area contributed by atoms with Crippen molar-refractivity contribution in [3.05, 3.63) is 84.7 Å². The normalized spacial score (nSPS) is 18.4. The Labute approximate surface area is 303 Å². The van der Waals surface area contributed by atoms with E-state index in [9.17, 15) is 9.59 Å². The Morgan fingerprint density at radius 2 is 1.06 bits per heavy atom. The van der Waals surface area contributed by atoms with Crippen LogP contribution in [-0.2, 0) is 18.9 Å². The second-order valence-corrected chi connectivity index (χ2v) is 15.2. The summed E-state index contributed by atoms with van der Waals surface area (Å²) in [5.41, 5.74) is 4.72. The van der Waals surface area contributed by atoms with E-state index in [2.05, 4.69) is 80.6 Å². The van der Waals surface area contributed by atoms with Crippen molar-refractivity contribution in [1.82, 2.24) is 29.7 Å². The van der Waals surface area contributed by atoms with Gasteiger partial charge in [0.05, 0.1) is 50.2 Å². The van der Waals surface area contributed by atoms with E-state index in [1.165, 1.54) is 0 Å². The SMILES string of the molecule is CC(C)(C)OC(=O)N1CCOCC1c1ncc(-c2ccc(-c3ccc4cc(-c5cnc(C6COCCN6C(=O)OC(C)(C)C)[nH]5)ccc4c3)cc2)[nH]1. The van der Waals surface area contributed by atoms with Crippen molar-refractivity contribution in [2.45, 2.75) is 64.8 Å². The highest BCUT2D eigenvalue weighted by Crippen LogP contribution is 2.32. The Morgan fingerprint density at radius 1 is 0.635 bits per heavy atom. The number of nitrogens with one attached hydrogen (secondary N) is 2. The molecule has 2 aliphatic rings. The van der Waals surface area contributed by atoms with Gasteiger partial charge in [0.15, 0.2) is 0 Å². The molecule has 2 saturated heterocycles. The fourth-order valence-corrected chi connectivity index (χ4v) is 6.48. The molecule has 7 rings (SSSR count). The number of hydrogen-bond donors (Lipinski definition) is 2. The number of imidazole rings is 2. The second-order valence-electron chi connectivity index (χ2n) is 15.2. The number of morpholine rings is 2. The van der Waals surface area contributed by atoms with Crippen LogP contribution in [0.5, 0.6) is 0 Å². The number of carbonyl (C=O) groups excluding carboxylic acids is 2. The molecule has 272 valence electrons. The molecule has 2 N–H and O–H groups in total. The molecule has 0 radical (unpaired) electrons. The van der Waals surface area contributed by atoms with Gasteiger partial charge < -0.3 is 28.9 Å². The molecular formula is C40H46N6O6. The minimum absolute atomic E-state index is 0.348. The van der Waals surface area contributed by atoms with E-state index in [0.717, 1.165) is 44.4 Å². The van der Waals surface area contributed by atoms with Crippen LogP contribution in [-0.4, -0.2) is 92.6 Å². The van der Waals surface area contributed by atoms with Gasteiger partial charge in [-0.3, -0.25) is 9.80 Å². The van der Waals surface area contributed by atoms with E-state index in [4.69, 9.17) is 18.9 Å². The molecule has 2 aliphatic heterocycles. The summed E-state index contributed by atoms with van der Waals surface area (Å²) in [5.74, 6) is 1.33. The number of ether oxygens (including phenoxy) is 4. The quantitative estimate of drug-likeness (QED) is 0.188. The van der Waals surface area contributed by atoms with E-state index in [-0.39, 0.29) is 24.3 Å². The monoisotopic (exact) mass is 706 g/mol. The lowest BCUT2D eigenvalue weighted by Crippen LogP contribution is -2.46. The van der Waals surface area contributed by atoms with Crippen LogP contribution in [0.4, 0.5) is 9.59 Å². The molecule has 12 nitrogen and oxygen atoms in total. The van der Waals surface area contributed by atoms with Crippen LogP contribution >= 0.6 is 0 Å². The molecule has 0 spiro atoms. The molecule has 0 bridgehead atoms. The largest absolute Gasteiger partial charge is 0.444 e. The number of carbonyl (C=O) groups is 2. The lowest BCUT2D eigenvalue weighted by atomic mass is 9.98. The van der Waals surface area contributed by atoms with Crippen LogP contribution in [0.15, 0.2) is 73.1 Å². The van der Waals surface area contributed by atoms with Crippen molar-refractivity contribution in [1.29, 1.82) is 0 Å². The van der Waals surface area contributed by atoms with Gasteiger partial charge in [-0.05, 0) is 81.1 Å². The number of fused-ring (bicyclic) bond motifs is 1. The zero-order valence-corrected chi connectivity index (χ0v) is 30.6. The Balaban J connectivity index is 1.04. The molecule has 3 aromatic carbocycles. The first kappa shape index (κ1) is 35.2. The van der Waals surface area contributed by atoms with E-state index in [1.807, 2.05) is 41.5 Å². The summed E-state index contributed by atoms with van der Waals surface area (Å²) in [4.78, 5) is 45.3. The number of hydrogen-bond acceptors (Lipinski definition) is 8. The minimum Gasteiger partial charge on any atom is -0.444 e. The first-order valence-corrected chi connectivity index (χ1v) is 17.7. The lowest BCUT2D eigenvalue weighted by molar-refractivity contribution is -0.0352. The molecule has 52 heavy (non-hydrogen) atoms. The van der Waals surface area contributed by atoms with Crippen LogP contribution < -0.4 is 0 Å². The lowest BCUT2D eigenvalue weighted by Gasteiger charge is -2.35. The maximum atomic E-state index is 12.9. The first-order chi connectivity index (χ1) is 24.8. The van der Waals surface area contributed by atoms with Crippen molar-refractivity contribution in [3.63, 3.8) is 0 Å². The topological polar surface area (TPSA) is 135 Å². The average Bonchev–Trinajstić information content (AvgIpc) is 3.81. The van der Waals surface area contributed by atoms with Gasteiger partial charge in [-0.1, -0.05) is 48.5 Å². The molecule has 2 aromatic heterocycles. The average molecular weight is 707 g/mol. The molecular weight excluding hydrogens is 660 g/mol. The van der Waals surface area contributed by atoms with Crippen molar-refractivity contribution in [3.8, 4) is 33.6 Å². The minimum atomic E-state index is -0.589. The number of nitrogens with zero attached hydrogens (tertiary/aromatic N) is 4. The predicted octanol–water partition coefficient (Wildman–Crippen LogP) is 7.90. The van der Waals surface area contributed by atoms with Gasteiger partial charge in [-0.2, -0.15) is 0 Å². The molecule has 12 heteroatoms. The molecule has 2 atom stereocenters. The molecule has 2 fully saturated rings. The summed E-state index contributed by atoms with van der Waals surface area (Å²) in [7, 11) is 0. The summed E-state index contributed by atoms with van der Waals surface area (Å²) in [5, 5.41) is 2.21. The van der Waals surface area contributed by atoms with Crippen LogP contribution in [0, 0.1) is 0 Å². The highest BCUT2D eigenvalue weighted by atomic mass is 16.6. The summed E-state index contributed by atoms with van der Waals surface area (Å²) in [6.45, 7) is 13.7. The Morgan fingerprint density at radius 3 is 1.56 bits per heavy atom. The number of amides is 2. The van der Waals surface area contributed by atoms with Gasteiger partial charge in [-0.15, -0.1) is 0 Å². The third kappa shape index (κ3) is 7.83. The molecule has 2 amide bonds. The van der Waals surface area contributed by atoms with Crippen LogP contribution in [0.1, 0.15) is 65.3 Å². The first-order valence-electron chi connectivity index (χ1n) is 17.7. The summed E-state index contributed by atoms with van der Waals surface area (Å²) < 4.78 is 22.7. The molecule has 0 aliphatic carbocycles. The molecule has 2 unspecified atom stereocenters. The van der Waals surface area contributed by atoms with Gasteiger partial charge >= 0.3 is 12.2 Å². The van der Waals surface area contributed by atoms with Gasteiger partial charge in [0.2, 0.25) is 0 Å². The summed E-state index contributed by atoms with van der Waals surface area (Å²) in [6.07, 6.45) is 2.85. The fraction of sp³-hybridized carbons (Fsp3) is 0.400. The molecule has 4 heterocycles. The Hall–Kier alpha value is -5.20. The third-order valence-electron chi connectivity index (χ3n) is 9.02. The Kier molecular flexibility index (Phi) is 9.53. The second kappa shape index (κ2) is 14.1. The number of rotatable bonds is 5. The van der Waals surface area contributed by atoms with Crippen molar-refractivity contribution >= 4 is 23.0 Å². The van der Waals surface area contributed by atoms with Crippen molar-refractivity contribution in [2.75, 3.05) is 39.5 Å². The fourth-order valence-electron chi connectivity index (χ4n) is 6.48. The third-order valence-corrected chi connectivity index (χ3v) is 9.02. The van der Waals surface area contributed by atoms with E-state index in [1.54, 1.807) is 22.2 Å². The van der Waals surface area contributed by atoms with Crippen LogP contribution in [0.25, 0.3) is 44.4 Å². The zero-order chi connectivity index (χ0) is 36.6. The summed E-state index contributed by atoms with van der Waals surface area (Å²) in [6, 6.07) is 20.4. The van der Waals surface area contributed by atoms with Gasteiger partial charge in [-0.25, -0.2) is 19.6 Å². The van der Waals surface area contributed by atoms with Crippen LogP contribution in [0.3, 0.4) is 0 Å². The van der Waals surface area contributed by atoms with Gasteiger partial charge in [0, 0.05) is 18.7 Å². The van der Waals surface area contributed by atoms with Crippen molar-refractivity contribution < 1.29 is 28.5 Å². The molecule has 5 aromatic rings. The number of aromatic amines is 2. The molecule has 0 saturated carbocycles. The van der Waals surface area contributed by atoms with E-state index in [0.29, 0.717) is 51.2 Å².